The van der Waals surface area contributed by atoms with Gasteiger partial charge in [-0.1, -0.05) is 6.07 Å². The second-order valence-electron chi connectivity index (χ2n) is 5.74. The Morgan fingerprint density at radius 3 is 2.56 bits per heavy atom. The van der Waals surface area contributed by atoms with E-state index in [0.717, 1.165) is 11.1 Å². The van der Waals surface area contributed by atoms with Crippen LogP contribution in [0.4, 0.5) is 16.2 Å². The third-order valence-corrected chi connectivity index (χ3v) is 4.04. The highest BCUT2D eigenvalue weighted by Crippen LogP contribution is 2.22. The smallest absolute Gasteiger partial charge is 0.413 e. The molecule has 2 amide bonds. The van der Waals surface area contributed by atoms with Crippen molar-refractivity contribution >= 4 is 23.4 Å². The molecule has 1 N–H and O–H groups in total. The number of hydrogen-bond acceptors (Lipinski definition) is 4. The molecule has 130 valence electrons. The maximum Gasteiger partial charge on any atom is 0.413 e. The summed E-state index contributed by atoms with van der Waals surface area (Å²) in [5, 5.41) is 2.86. The Balaban J connectivity index is 1.67. The van der Waals surface area contributed by atoms with Crippen molar-refractivity contribution < 1.29 is 19.1 Å². The molecule has 0 radical (unpaired) electrons. The van der Waals surface area contributed by atoms with E-state index in [-0.39, 0.29) is 5.91 Å². The summed E-state index contributed by atoms with van der Waals surface area (Å²) in [4.78, 5) is 25.5. The molecule has 6 heteroatoms. The van der Waals surface area contributed by atoms with Crippen LogP contribution in [-0.2, 0) is 22.7 Å². The van der Waals surface area contributed by atoms with Crippen LogP contribution in [0.1, 0.15) is 28.4 Å². The number of nitrogens with zero attached hydrogens (tertiary/aromatic N) is 1. The Hall–Kier alpha value is -2.86. The number of fused-ring (bicyclic) bond motifs is 1. The molecule has 2 aromatic carbocycles. The summed E-state index contributed by atoms with van der Waals surface area (Å²) in [6.45, 7) is 3.23. The number of hydrogen-bond donors (Lipinski definition) is 1. The zero-order chi connectivity index (χ0) is 17.8. The van der Waals surface area contributed by atoms with E-state index in [0.29, 0.717) is 36.8 Å². The summed E-state index contributed by atoms with van der Waals surface area (Å²) in [7, 11) is 1.64. The summed E-state index contributed by atoms with van der Waals surface area (Å²) in [5.74, 6) is -0.179. The number of amides is 2. The Bertz CT molecular complexity index is 787. The summed E-state index contributed by atoms with van der Waals surface area (Å²) >= 11 is 0. The first-order chi connectivity index (χ1) is 12.1. The summed E-state index contributed by atoms with van der Waals surface area (Å²) in [5.41, 5.74) is 4.12. The van der Waals surface area contributed by atoms with E-state index in [4.69, 9.17) is 9.47 Å². The summed E-state index contributed by atoms with van der Waals surface area (Å²) in [6.07, 6.45) is -0.417. The van der Waals surface area contributed by atoms with E-state index in [2.05, 4.69) is 5.32 Å². The Morgan fingerprint density at radius 1 is 1.12 bits per heavy atom. The Morgan fingerprint density at radius 2 is 1.84 bits per heavy atom. The minimum absolute atomic E-state index is 0.179. The maximum atomic E-state index is 12.4. The molecule has 1 aliphatic heterocycles. The summed E-state index contributed by atoms with van der Waals surface area (Å²) < 4.78 is 10.3. The van der Waals surface area contributed by atoms with Crippen LogP contribution in [0.25, 0.3) is 0 Å². The standard InChI is InChI=1S/C19H20N2O4/c1-3-25-19(23)21(2)17-8-6-16(7-9-17)20-18(22)13-4-5-14-11-24-12-15(14)10-13/h4-10H,3,11-12H2,1-2H3,(H,20,22). The topological polar surface area (TPSA) is 67.9 Å². The molecule has 0 aliphatic carbocycles. The van der Waals surface area contributed by atoms with Crippen LogP contribution in [-0.4, -0.2) is 25.7 Å². The van der Waals surface area contributed by atoms with E-state index in [1.807, 2.05) is 12.1 Å². The maximum absolute atomic E-state index is 12.4. The van der Waals surface area contributed by atoms with Crippen molar-refractivity contribution in [3.8, 4) is 0 Å². The molecule has 1 heterocycles. The lowest BCUT2D eigenvalue weighted by molar-refractivity contribution is 0.102. The van der Waals surface area contributed by atoms with Crippen LogP contribution < -0.4 is 10.2 Å². The normalized spacial score (nSPS) is 12.4. The first-order valence-corrected chi connectivity index (χ1v) is 8.10. The summed E-state index contributed by atoms with van der Waals surface area (Å²) in [6, 6.07) is 12.6. The molecule has 1 aliphatic rings. The van der Waals surface area contributed by atoms with Gasteiger partial charge >= 0.3 is 6.09 Å². The average molecular weight is 340 g/mol. The number of carbonyl (C=O) groups is 2. The predicted molar refractivity (Wildman–Crippen MR) is 94.8 cm³/mol. The van der Waals surface area contributed by atoms with Crippen LogP contribution in [0.3, 0.4) is 0 Å². The van der Waals surface area contributed by atoms with Gasteiger partial charge in [0.1, 0.15) is 0 Å². The van der Waals surface area contributed by atoms with Gasteiger partial charge in [0.25, 0.3) is 5.91 Å². The zero-order valence-corrected chi connectivity index (χ0v) is 14.2. The van der Waals surface area contributed by atoms with Crippen LogP contribution >= 0.6 is 0 Å². The second-order valence-corrected chi connectivity index (χ2v) is 5.74. The highest BCUT2D eigenvalue weighted by molar-refractivity contribution is 6.04. The van der Waals surface area contributed by atoms with Gasteiger partial charge in [0.2, 0.25) is 0 Å². The monoisotopic (exact) mass is 340 g/mol. The van der Waals surface area contributed by atoms with Crippen LogP contribution in [0.2, 0.25) is 0 Å². The van der Waals surface area contributed by atoms with Crippen molar-refractivity contribution in [2.24, 2.45) is 0 Å². The number of nitrogens with one attached hydrogen (secondary N) is 1. The first-order valence-electron chi connectivity index (χ1n) is 8.10. The predicted octanol–water partition coefficient (Wildman–Crippen LogP) is 3.56. The minimum atomic E-state index is -0.417. The van der Waals surface area contributed by atoms with Crippen molar-refractivity contribution in [3.05, 3.63) is 59.2 Å². The molecule has 25 heavy (non-hydrogen) atoms. The fraction of sp³-hybridized carbons (Fsp3) is 0.263. The zero-order valence-electron chi connectivity index (χ0n) is 14.2. The Labute approximate surface area is 146 Å². The molecule has 3 rings (SSSR count). The molecular weight excluding hydrogens is 320 g/mol. The van der Waals surface area contributed by atoms with E-state index in [1.165, 1.54) is 4.90 Å². The number of anilines is 2. The van der Waals surface area contributed by atoms with Crippen molar-refractivity contribution in [1.82, 2.24) is 0 Å². The molecule has 0 spiro atoms. The van der Waals surface area contributed by atoms with E-state index < -0.39 is 6.09 Å². The average Bonchev–Trinajstić information content (AvgIpc) is 3.09. The van der Waals surface area contributed by atoms with Gasteiger partial charge in [0.15, 0.2) is 0 Å². The SMILES string of the molecule is CCOC(=O)N(C)c1ccc(NC(=O)c2ccc3c(c2)COC3)cc1. The van der Waals surface area contributed by atoms with Gasteiger partial charge in [-0.3, -0.25) is 9.69 Å². The molecule has 0 atom stereocenters. The van der Waals surface area contributed by atoms with Crippen molar-refractivity contribution in [1.29, 1.82) is 0 Å². The molecule has 0 unspecified atom stereocenters. The fourth-order valence-corrected chi connectivity index (χ4v) is 2.61. The molecule has 2 aromatic rings. The third kappa shape index (κ3) is 3.80. The van der Waals surface area contributed by atoms with Crippen LogP contribution in [0.5, 0.6) is 0 Å². The van der Waals surface area contributed by atoms with Gasteiger partial charge < -0.3 is 14.8 Å². The quantitative estimate of drug-likeness (QED) is 0.924. The lowest BCUT2D eigenvalue weighted by Crippen LogP contribution is -2.26. The van der Waals surface area contributed by atoms with Gasteiger partial charge in [-0.15, -0.1) is 0 Å². The third-order valence-electron chi connectivity index (χ3n) is 4.04. The van der Waals surface area contributed by atoms with Gasteiger partial charge in [-0.05, 0) is 54.4 Å². The van der Waals surface area contributed by atoms with Gasteiger partial charge in [0.05, 0.1) is 19.8 Å². The molecule has 6 nitrogen and oxygen atoms in total. The number of benzene rings is 2. The van der Waals surface area contributed by atoms with Crippen molar-refractivity contribution in [2.75, 3.05) is 23.9 Å². The van der Waals surface area contributed by atoms with E-state index in [9.17, 15) is 9.59 Å². The van der Waals surface area contributed by atoms with Crippen LogP contribution in [0, 0.1) is 0 Å². The highest BCUT2D eigenvalue weighted by atomic mass is 16.6. The van der Waals surface area contributed by atoms with Crippen LogP contribution in [0.15, 0.2) is 42.5 Å². The van der Waals surface area contributed by atoms with Gasteiger partial charge in [-0.25, -0.2) is 4.79 Å². The van der Waals surface area contributed by atoms with Crippen molar-refractivity contribution in [2.45, 2.75) is 20.1 Å². The highest BCUT2D eigenvalue weighted by Gasteiger charge is 2.15. The lowest BCUT2D eigenvalue weighted by Gasteiger charge is -2.17. The van der Waals surface area contributed by atoms with E-state index in [1.54, 1.807) is 44.3 Å². The fourth-order valence-electron chi connectivity index (χ4n) is 2.61. The molecule has 0 aromatic heterocycles. The molecule has 0 saturated carbocycles. The lowest BCUT2D eigenvalue weighted by atomic mass is 10.1. The Kier molecular flexibility index (Phi) is 5.00. The second kappa shape index (κ2) is 7.36. The van der Waals surface area contributed by atoms with E-state index >= 15 is 0 Å². The largest absolute Gasteiger partial charge is 0.449 e. The molecule has 0 bridgehead atoms. The van der Waals surface area contributed by atoms with Gasteiger partial charge in [0, 0.05) is 24.0 Å². The minimum Gasteiger partial charge on any atom is -0.449 e. The number of carbonyl (C=O) groups excluding carboxylic acids is 2. The molecular formula is C19H20N2O4. The van der Waals surface area contributed by atoms with Gasteiger partial charge in [-0.2, -0.15) is 0 Å². The molecule has 0 fully saturated rings. The number of ether oxygens (including phenoxy) is 2. The van der Waals surface area contributed by atoms with Crippen molar-refractivity contribution in [3.63, 3.8) is 0 Å². The first kappa shape index (κ1) is 17.0. The molecule has 0 saturated heterocycles. The number of rotatable bonds is 4.